The number of hydrogen-bond donors (Lipinski definition) is 1. The molecule has 96 valence electrons. The monoisotopic (exact) mass is 255 g/mol. The second-order valence-corrected chi connectivity index (χ2v) is 5.50. The van der Waals surface area contributed by atoms with Crippen LogP contribution in [0.5, 0.6) is 0 Å². The van der Waals surface area contributed by atoms with Crippen LogP contribution in [0.25, 0.3) is 0 Å². The second kappa shape index (κ2) is 4.99. The van der Waals surface area contributed by atoms with Gasteiger partial charge in [0.25, 0.3) is 0 Å². The Balaban J connectivity index is 2.35. The molecule has 1 heterocycles. The molecule has 0 spiro atoms. The van der Waals surface area contributed by atoms with Gasteiger partial charge < -0.3 is 5.73 Å². The highest BCUT2D eigenvalue weighted by atomic mass is 35.5. The van der Waals surface area contributed by atoms with Gasteiger partial charge in [-0.05, 0) is 31.6 Å². The van der Waals surface area contributed by atoms with Crippen LogP contribution in [0, 0.1) is 5.41 Å². The lowest BCUT2D eigenvalue weighted by Gasteiger charge is -2.34. The molecule has 4 heteroatoms. The maximum absolute atomic E-state index is 6.52. The summed E-state index contributed by atoms with van der Waals surface area (Å²) in [6.45, 7) is 5.15. The van der Waals surface area contributed by atoms with Crippen molar-refractivity contribution in [2.24, 2.45) is 11.1 Å². The Labute approximate surface area is 108 Å². The van der Waals surface area contributed by atoms with E-state index in [-0.39, 0.29) is 11.5 Å². The Morgan fingerprint density at radius 1 is 1.47 bits per heavy atom. The van der Waals surface area contributed by atoms with Gasteiger partial charge in [-0.2, -0.15) is 5.10 Å². The molecule has 1 atom stereocenters. The molecule has 1 aromatic heterocycles. The van der Waals surface area contributed by atoms with Gasteiger partial charge in [0.2, 0.25) is 0 Å². The lowest BCUT2D eigenvalue weighted by molar-refractivity contribution is 0.213. The van der Waals surface area contributed by atoms with Crippen molar-refractivity contribution in [1.82, 2.24) is 9.78 Å². The van der Waals surface area contributed by atoms with Crippen molar-refractivity contribution >= 4 is 11.6 Å². The van der Waals surface area contributed by atoms with Crippen molar-refractivity contribution in [2.45, 2.75) is 58.5 Å². The first kappa shape index (κ1) is 12.9. The lowest BCUT2D eigenvalue weighted by Crippen LogP contribution is -2.33. The Morgan fingerprint density at radius 3 is 2.65 bits per heavy atom. The van der Waals surface area contributed by atoms with Gasteiger partial charge in [0.1, 0.15) is 0 Å². The van der Waals surface area contributed by atoms with Crippen LogP contribution in [0.15, 0.2) is 6.20 Å². The largest absolute Gasteiger partial charge is 0.322 e. The third-order valence-corrected chi connectivity index (χ3v) is 4.68. The first-order valence-corrected chi connectivity index (χ1v) is 6.99. The molecule has 1 aromatic rings. The van der Waals surface area contributed by atoms with Crippen molar-refractivity contribution in [1.29, 1.82) is 0 Å². The zero-order valence-corrected chi connectivity index (χ0v) is 11.5. The van der Waals surface area contributed by atoms with E-state index < -0.39 is 0 Å². The summed E-state index contributed by atoms with van der Waals surface area (Å²) in [6.07, 6.45) is 7.86. The molecule has 0 radical (unpaired) electrons. The number of aromatic nitrogens is 2. The summed E-state index contributed by atoms with van der Waals surface area (Å²) in [4.78, 5) is 0. The average Bonchev–Trinajstić information content (AvgIpc) is 2.95. The molecule has 1 saturated carbocycles. The van der Waals surface area contributed by atoms with Crippen molar-refractivity contribution in [3.05, 3.63) is 16.9 Å². The third kappa shape index (κ3) is 2.11. The fourth-order valence-electron chi connectivity index (χ4n) is 3.19. The van der Waals surface area contributed by atoms with Crippen LogP contribution in [0.1, 0.15) is 57.7 Å². The van der Waals surface area contributed by atoms with Gasteiger partial charge in [0.15, 0.2) is 0 Å². The molecule has 17 heavy (non-hydrogen) atoms. The zero-order valence-electron chi connectivity index (χ0n) is 10.7. The minimum Gasteiger partial charge on any atom is -0.322 e. The summed E-state index contributed by atoms with van der Waals surface area (Å²) in [6, 6.07) is 0.0185. The van der Waals surface area contributed by atoms with E-state index in [2.05, 4.69) is 18.9 Å². The Morgan fingerprint density at radius 2 is 2.12 bits per heavy atom. The normalized spacial score (nSPS) is 20.7. The molecule has 2 rings (SSSR count). The summed E-state index contributed by atoms with van der Waals surface area (Å²) >= 11 is 6.25. The summed E-state index contributed by atoms with van der Waals surface area (Å²) < 4.78 is 1.95. The van der Waals surface area contributed by atoms with E-state index in [1.807, 2.05) is 4.68 Å². The van der Waals surface area contributed by atoms with Crippen molar-refractivity contribution in [3.8, 4) is 0 Å². The summed E-state index contributed by atoms with van der Waals surface area (Å²) in [7, 11) is 0. The molecular weight excluding hydrogens is 234 g/mol. The SMILES string of the molecule is CCn1ncc(Cl)c1C(N)C1(CC)CCCC1. The van der Waals surface area contributed by atoms with Crippen LogP contribution in [0.4, 0.5) is 0 Å². The highest BCUT2D eigenvalue weighted by molar-refractivity contribution is 6.31. The Bertz CT molecular complexity index is 380. The van der Waals surface area contributed by atoms with E-state index in [0.29, 0.717) is 0 Å². The highest BCUT2D eigenvalue weighted by Crippen LogP contribution is 2.49. The molecule has 3 nitrogen and oxygen atoms in total. The number of hydrogen-bond acceptors (Lipinski definition) is 2. The maximum Gasteiger partial charge on any atom is 0.0834 e. The Kier molecular flexibility index (Phi) is 3.79. The first-order valence-electron chi connectivity index (χ1n) is 6.61. The van der Waals surface area contributed by atoms with Crippen LogP contribution < -0.4 is 5.73 Å². The molecule has 1 aliphatic carbocycles. The van der Waals surface area contributed by atoms with Gasteiger partial charge in [0, 0.05) is 6.54 Å². The molecule has 0 amide bonds. The maximum atomic E-state index is 6.52. The molecule has 0 saturated heterocycles. The van der Waals surface area contributed by atoms with Crippen LogP contribution >= 0.6 is 11.6 Å². The lowest BCUT2D eigenvalue weighted by atomic mass is 9.75. The van der Waals surface area contributed by atoms with E-state index >= 15 is 0 Å². The van der Waals surface area contributed by atoms with E-state index in [0.717, 1.165) is 23.7 Å². The predicted molar refractivity (Wildman–Crippen MR) is 71.0 cm³/mol. The second-order valence-electron chi connectivity index (χ2n) is 5.09. The quantitative estimate of drug-likeness (QED) is 0.895. The van der Waals surface area contributed by atoms with Crippen molar-refractivity contribution in [2.75, 3.05) is 0 Å². The van der Waals surface area contributed by atoms with Gasteiger partial charge in [-0.3, -0.25) is 4.68 Å². The van der Waals surface area contributed by atoms with Gasteiger partial charge in [0.05, 0.1) is 23.0 Å². The molecule has 0 bridgehead atoms. The van der Waals surface area contributed by atoms with E-state index in [9.17, 15) is 0 Å². The van der Waals surface area contributed by atoms with E-state index in [4.69, 9.17) is 17.3 Å². The fraction of sp³-hybridized carbons (Fsp3) is 0.769. The fourth-order valence-corrected chi connectivity index (χ4v) is 3.45. The summed E-state index contributed by atoms with van der Waals surface area (Å²) in [5.74, 6) is 0. The van der Waals surface area contributed by atoms with Crippen LogP contribution in [-0.2, 0) is 6.54 Å². The zero-order chi connectivity index (χ0) is 12.5. The van der Waals surface area contributed by atoms with Crippen LogP contribution in [0.3, 0.4) is 0 Å². The molecule has 1 unspecified atom stereocenters. The van der Waals surface area contributed by atoms with Gasteiger partial charge in [-0.1, -0.05) is 31.4 Å². The molecule has 1 fully saturated rings. The first-order chi connectivity index (χ1) is 8.14. The minimum absolute atomic E-state index is 0.0185. The molecule has 0 aliphatic heterocycles. The smallest absolute Gasteiger partial charge is 0.0834 e. The highest BCUT2D eigenvalue weighted by Gasteiger charge is 2.40. The molecule has 2 N–H and O–H groups in total. The number of nitrogens with zero attached hydrogens (tertiary/aromatic N) is 2. The average molecular weight is 256 g/mol. The van der Waals surface area contributed by atoms with E-state index in [1.165, 1.54) is 25.7 Å². The Hall–Kier alpha value is -0.540. The van der Waals surface area contributed by atoms with Gasteiger partial charge >= 0.3 is 0 Å². The molecular formula is C13H22ClN3. The minimum atomic E-state index is 0.0185. The predicted octanol–water partition coefficient (Wildman–Crippen LogP) is 3.53. The van der Waals surface area contributed by atoms with Crippen molar-refractivity contribution in [3.63, 3.8) is 0 Å². The molecule has 1 aliphatic rings. The standard InChI is InChI=1S/C13H22ClN3/c1-3-13(7-5-6-8-13)12(15)11-10(14)9-16-17(11)4-2/h9,12H,3-8,15H2,1-2H3. The third-order valence-electron chi connectivity index (χ3n) is 4.39. The number of nitrogens with two attached hydrogens (primary N) is 1. The summed E-state index contributed by atoms with van der Waals surface area (Å²) in [5.41, 5.74) is 7.78. The summed E-state index contributed by atoms with van der Waals surface area (Å²) in [5, 5.41) is 5.02. The number of aryl methyl sites for hydroxylation is 1. The molecule has 0 aromatic carbocycles. The number of rotatable bonds is 4. The van der Waals surface area contributed by atoms with Gasteiger partial charge in [-0.25, -0.2) is 0 Å². The van der Waals surface area contributed by atoms with Crippen molar-refractivity contribution < 1.29 is 0 Å². The van der Waals surface area contributed by atoms with Gasteiger partial charge in [-0.15, -0.1) is 0 Å². The van der Waals surface area contributed by atoms with E-state index in [1.54, 1.807) is 6.20 Å². The number of halogens is 1. The topological polar surface area (TPSA) is 43.8 Å². The van der Waals surface area contributed by atoms with Crippen LogP contribution in [-0.4, -0.2) is 9.78 Å². The van der Waals surface area contributed by atoms with Crippen LogP contribution in [0.2, 0.25) is 5.02 Å².